The van der Waals surface area contributed by atoms with E-state index in [4.69, 9.17) is 10.4 Å². The number of aliphatic carboxylic acids is 1. The molecule has 5 nitrogen and oxygen atoms in total. The van der Waals surface area contributed by atoms with Crippen molar-refractivity contribution in [3.63, 3.8) is 0 Å². The summed E-state index contributed by atoms with van der Waals surface area (Å²) in [5.74, 6) is -0.846. The summed E-state index contributed by atoms with van der Waals surface area (Å²) in [4.78, 5) is 16.3. The number of aromatic nitrogens is 1. The molecule has 5 heteroatoms. The average Bonchev–Trinajstić information content (AvgIpc) is 2.30. The van der Waals surface area contributed by atoms with Gasteiger partial charge in [0.2, 0.25) is 0 Å². The van der Waals surface area contributed by atoms with Gasteiger partial charge in [0.1, 0.15) is 6.07 Å². The minimum absolute atomic E-state index is 0.0492. The van der Waals surface area contributed by atoms with Gasteiger partial charge in [-0.3, -0.25) is 9.78 Å². The first kappa shape index (κ1) is 12.0. The zero-order valence-electron chi connectivity index (χ0n) is 9.05. The van der Waals surface area contributed by atoms with Gasteiger partial charge in [-0.25, -0.2) is 0 Å². The van der Waals surface area contributed by atoms with Gasteiger partial charge in [-0.1, -0.05) is 0 Å². The molecule has 0 aliphatic rings. The molecule has 1 aromatic rings. The van der Waals surface area contributed by atoms with E-state index in [0.717, 1.165) is 0 Å². The van der Waals surface area contributed by atoms with Crippen molar-refractivity contribution in [3.8, 4) is 6.07 Å². The molecule has 0 unspecified atom stereocenters. The van der Waals surface area contributed by atoms with Gasteiger partial charge in [0.25, 0.3) is 0 Å². The van der Waals surface area contributed by atoms with Gasteiger partial charge >= 0.3 is 5.97 Å². The molecule has 0 spiro atoms. The SMILES string of the molecule is CCN(CCC(=O)O)c1cnccc1C#N. The number of carboxylic acid groups (broad SMARTS) is 1. The Bertz CT molecular complexity index is 412. The normalized spacial score (nSPS) is 9.50. The molecule has 0 fully saturated rings. The van der Waals surface area contributed by atoms with Crippen molar-refractivity contribution in [2.45, 2.75) is 13.3 Å². The molecule has 0 amide bonds. The fraction of sp³-hybridized carbons (Fsp3) is 0.364. The van der Waals surface area contributed by atoms with Crippen LogP contribution in [-0.4, -0.2) is 29.1 Å². The average molecular weight is 219 g/mol. The van der Waals surface area contributed by atoms with Crippen LogP contribution in [0.1, 0.15) is 18.9 Å². The second-order valence-electron chi connectivity index (χ2n) is 3.23. The molecule has 0 aliphatic heterocycles. The zero-order chi connectivity index (χ0) is 12.0. The molecule has 0 saturated heterocycles. The molecule has 1 aromatic heterocycles. The van der Waals surface area contributed by atoms with E-state index in [1.54, 1.807) is 18.5 Å². The first-order chi connectivity index (χ1) is 7.69. The van der Waals surface area contributed by atoms with Crippen molar-refractivity contribution in [3.05, 3.63) is 24.0 Å². The highest BCUT2D eigenvalue weighted by molar-refractivity contribution is 5.68. The van der Waals surface area contributed by atoms with E-state index in [1.165, 1.54) is 0 Å². The molecule has 0 aromatic carbocycles. The monoisotopic (exact) mass is 219 g/mol. The predicted octanol–water partition coefficient (Wildman–Crippen LogP) is 1.25. The van der Waals surface area contributed by atoms with Crippen molar-refractivity contribution in [2.75, 3.05) is 18.0 Å². The number of hydrogen-bond acceptors (Lipinski definition) is 4. The van der Waals surface area contributed by atoms with Crippen LogP contribution in [0, 0.1) is 11.3 Å². The van der Waals surface area contributed by atoms with Crippen LogP contribution in [0.5, 0.6) is 0 Å². The second kappa shape index (κ2) is 5.71. The van der Waals surface area contributed by atoms with Crippen LogP contribution in [0.3, 0.4) is 0 Å². The molecule has 0 radical (unpaired) electrons. The summed E-state index contributed by atoms with van der Waals surface area (Å²) in [6.45, 7) is 2.94. The number of carbonyl (C=O) groups is 1. The molecule has 1 heterocycles. The lowest BCUT2D eigenvalue weighted by atomic mass is 10.2. The molecule has 0 saturated carbocycles. The molecular formula is C11H13N3O2. The van der Waals surface area contributed by atoms with Crippen LogP contribution in [0.2, 0.25) is 0 Å². The number of anilines is 1. The Morgan fingerprint density at radius 2 is 2.44 bits per heavy atom. The summed E-state index contributed by atoms with van der Waals surface area (Å²) in [7, 11) is 0. The largest absolute Gasteiger partial charge is 0.481 e. The summed E-state index contributed by atoms with van der Waals surface area (Å²) >= 11 is 0. The molecule has 0 aliphatic carbocycles. The highest BCUT2D eigenvalue weighted by atomic mass is 16.4. The minimum atomic E-state index is -0.846. The van der Waals surface area contributed by atoms with Gasteiger partial charge in [0.15, 0.2) is 0 Å². The molecule has 0 bridgehead atoms. The van der Waals surface area contributed by atoms with Crippen LogP contribution in [-0.2, 0) is 4.79 Å². The maximum Gasteiger partial charge on any atom is 0.305 e. The molecular weight excluding hydrogens is 206 g/mol. The minimum Gasteiger partial charge on any atom is -0.481 e. The summed E-state index contributed by atoms with van der Waals surface area (Å²) in [5, 5.41) is 17.5. The van der Waals surface area contributed by atoms with E-state index in [-0.39, 0.29) is 6.42 Å². The lowest BCUT2D eigenvalue weighted by molar-refractivity contribution is -0.136. The fourth-order valence-electron chi connectivity index (χ4n) is 1.41. The number of nitriles is 1. The lowest BCUT2D eigenvalue weighted by Crippen LogP contribution is -2.26. The van der Waals surface area contributed by atoms with Gasteiger partial charge in [-0.05, 0) is 13.0 Å². The van der Waals surface area contributed by atoms with E-state index < -0.39 is 5.97 Å². The Hall–Kier alpha value is -2.09. The first-order valence-corrected chi connectivity index (χ1v) is 5.00. The standard InChI is InChI=1S/C11H13N3O2/c1-2-14(6-4-11(15)16)10-8-13-5-3-9(10)7-12/h3,5,8H,2,4,6H2,1H3,(H,15,16). The maximum absolute atomic E-state index is 10.5. The smallest absolute Gasteiger partial charge is 0.305 e. The highest BCUT2D eigenvalue weighted by Crippen LogP contribution is 2.17. The van der Waals surface area contributed by atoms with E-state index >= 15 is 0 Å². The van der Waals surface area contributed by atoms with Crippen LogP contribution < -0.4 is 4.90 Å². The van der Waals surface area contributed by atoms with Gasteiger partial charge in [-0.15, -0.1) is 0 Å². The molecule has 1 rings (SSSR count). The lowest BCUT2D eigenvalue weighted by Gasteiger charge is -2.22. The summed E-state index contributed by atoms with van der Waals surface area (Å²) in [6, 6.07) is 3.69. The summed E-state index contributed by atoms with van der Waals surface area (Å²) in [5.41, 5.74) is 1.20. The van der Waals surface area contributed by atoms with Crippen molar-refractivity contribution in [1.82, 2.24) is 4.98 Å². The number of hydrogen-bond donors (Lipinski definition) is 1. The van der Waals surface area contributed by atoms with Crippen molar-refractivity contribution in [2.24, 2.45) is 0 Å². The van der Waals surface area contributed by atoms with E-state index in [1.807, 2.05) is 11.8 Å². The van der Waals surface area contributed by atoms with Crippen LogP contribution >= 0.6 is 0 Å². The Morgan fingerprint density at radius 3 is 3.00 bits per heavy atom. The van der Waals surface area contributed by atoms with Gasteiger partial charge < -0.3 is 10.0 Å². The van der Waals surface area contributed by atoms with Crippen molar-refractivity contribution < 1.29 is 9.90 Å². The quantitative estimate of drug-likeness (QED) is 0.806. The van der Waals surface area contributed by atoms with Crippen LogP contribution in [0.4, 0.5) is 5.69 Å². The molecule has 0 atom stereocenters. The number of nitrogens with zero attached hydrogens (tertiary/aromatic N) is 3. The number of carboxylic acids is 1. The summed E-state index contributed by atoms with van der Waals surface area (Å²) in [6.07, 6.45) is 3.19. The topological polar surface area (TPSA) is 77.2 Å². The van der Waals surface area contributed by atoms with Crippen molar-refractivity contribution >= 4 is 11.7 Å². The Morgan fingerprint density at radius 1 is 1.69 bits per heavy atom. The van der Waals surface area contributed by atoms with Crippen LogP contribution in [0.25, 0.3) is 0 Å². The third kappa shape index (κ3) is 2.95. The van der Waals surface area contributed by atoms with Gasteiger partial charge in [0.05, 0.1) is 23.9 Å². The number of rotatable bonds is 5. The summed E-state index contributed by atoms with van der Waals surface area (Å²) < 4.78 is 0. The Balaban J connectivity index is 2.86. The van der Waals surface area contributed by atoms with E-state index in [2.05, 4.69) is 11.1 Å². The molecule has 84 valence electrons. The van der Waals surface area contributed by atoms with Gasteiger partial charge in [0, 0.05) is 19.3 Å². The van der Waals surface area contributed by atoms with Crippen LogP contribution in [0.15, 0.2) is 18.5 Å². The second-order valence-corrected chi connectivity index (χ2v) is 3.23. The molecule has 1 N–H and O–H groups in total. The third-order valence-electron chi connectivity index (χ3n) is 2.24. The third-order valence-corrected chi connectivity index (χ3v) is 2.24. The first-order valence-electron chi connectivity index (χ1n) is 5.00. The van der Waals surface area contributed by atoms with E-state index in [0.29, 0.717) is 24.3 Å². The Labute approximate surface area is 93.9 Å². The van der Waals surface area contributed by atoms with Crippen molar-refractivity contribution in [1.29, 1.82) is 5.26 Å². The highest BCUT2D eigenvalue weighted by Gasteiger charge is 2.10. The fourth-order valence-corrected chi connectivity index (χ4v) is 1.41. The van der Waals surface area contributed by atoms with E-state index in [9.17, 15) is 4.79 Å². The Kier molecular flexibility index (Phi) is 4.28. The number of pyridine rings is 1. The molecule has 16 heavy (non-hydrogen) atoms. The van der Waals surface area contributed by atoms with Gasteiger partial charge in [-0.2, -0.15) is 5.26 Å². The predicted molar refractivity (Wildman–Crippen MR) is 59.1 cm³/mol. The zero-order valence-corrected chi connectivity index (χ0v) is 9.05. The maximum atomic E-state index is 10.5.